The van der Waals surface area contributed by atoms with E-state index >= 15 is 0 Å². The SMILES string of the molecule is COCC(=O)N1CCO[C@H](COc2cc(C)ccc2F)C1. The molecule has 0 bridgehead atoms. The van der Waals surface area contributed by atoms with Gasteiger partial charge in [-0.2, -0.15) is 0 Å². The maximum absolute atomic E-state index is 13.6. The van der Waals surface area contributed by atoms with Gasteiger partial charge >= 0.3 is 0 Å². The molecule has 0 aliphatic carbocycles. The fourth-order valence-electron chi connectivity index (χ4n) is 2.17. The van der Waals surface area contributed by atoms with E-state index in [0.29, 0.717) is 19.7 Å². The molecule has 0 aromatic heterocycles. The number of hydrogen-bond donors (Lipinski definition) is 0. The van der Waals surface area contributed by atoms with E-state index in [4.69, 9.17) is 14.2 Å². The minimum Gasteiger partial charge on any atom is -0.488 e. The summed E-state index contributed by atoms with van der Waals surface area (Å²) in [5.74, 6) is -0.268. The summed E-state index contributed by atoms with van der Waals surface area (Å²) in [6, 6.07) is 4.71. The molecule has 6 heteroatoms. The van der Waals surface area contributed by atoms with Crippen LogP contribution >= 0.6 is 0 Å². The Kier molecular flexibility index (Phi) is 5.52. The molecule has 1 heterocycles. The number of aryl methyl sites for hydroxylation is 1. The molecule has 1 aromatic carbocycles. The Morgan fingerprint density at radius 2 is 2.33 bits per heavy atom. The average molecular weight is 297 g/mol. The Morgan fingerprint density at radius 3 is 3.10 bits per heavy atom. The van der Waals surface area contributed by atoms with Crippen LogP contribution in [0.1, 0.15) is 5.56 Å². The zero-order chi connectivity index (χ0) is 15.2. The molecule has 1 fully saturated rings. The van der Waals surface area contributed by atoms with Gasteiger partial charge in [-0.25, -0.2) is 4.39 Å². The summed E-state index contributed by atoms with van der Waals surface area (Å²) in [6.07, 6.45) is -0.264. The molecule has 5 nitrogen and oxygen atoms in total. The highest BCUT2D eigenvalue weighted by Gasteiger charge is 2.24. The molecule has 21 heavy (non-hydrogen) atoms. The van der Waals surface area contributed by atoms with Crippen molar-refractivity contribution in [2.75, 3.05) is 40.0 Å². The molecule has 1 aromatic rings. The number of carbonyl (C=O) groups is 1. The average Bonchev–Trinajstić information content (AvgIpc) is 2.49. The molecule has 0 radical (unpaired) electrons. The Hall–Kier alpha value is -1.66. The highest BCUT2D eigenvalue weighted by Crippen LogP contribution is 2.19. The maximum atomic E-state index is 13.6. The molecule has 116 valence electrons. The maximum Gasteiger partial charge on any atom is 0.248 e. The molecule has 1 atom stereocenters. The second-order valence-corrected chi connectivity index (χ2v) is 5.01. The molecule has 0 N–H and O–H groups in total. The predicted molar refractivity (Wildman–Crippen MR) is 74.8 cm³/mol. The fraction of sp³-hybridized carbons (Fsp3) is 0.533. The number of carbonyl (C=O) groups excluding carboxylic acids is 1. The quantitative estimate of drug-likeness (QED) is 0.824. The van der Waals surface area contributed by atoms with E-state index < -0.39 is 5.82 Å². The van der Waals surface area contributed by atoms with Crippen LogP contribution in [0.15, 0.2) is 18.2 Å². The van der Waals surface area contributed by atoms with Gasteiger partial charge in [-0.15, -0.1) is 0 Å². The van der Waals surface area contributed by atoms with Crippen molar-refractivity contribution in [3.05, 3.63) is 29.6 Å². The second kappa shape index (κ2) is 7.38. The highest BCUT2D eigenvalue weighted by molar-refractivity contribution is 5.77. The van der Waals surface area contributed by atoms with Crippen molar-refractivity contribution in [2.45, 2.75) is 13.0 Å². The summed E-state index contributed by atoms with van der Waals surface area (Å²) in [4.78, 5) is 13.4. The van der Waals surface area contributed by atoms with Crippen LogP contribution in [0.25, 0.3) is 0 Å². The summed E-state index contributed by atoms with van der Waals surface area (Å²) >= 11 is 0. The molecule has 1 aliphatic heterocycles. The number of amides is 1. The molecule has 0 unspecified atom stereocenters. The summed E-state index contributed by atoms with van der Waals surface area (Å²) in [5.41, 5.74) is 0.924. The van der Waals surface area contributed by atoms with Crippen molar-refractivity contribution in [1.82, 2.24) is 4.90 Å². The van der Waals surface area contributed by atoms with Gasteiger partial charge in [0.25, 0.3) is 0 Å². The van der Waals surface area contributed by atoms with Crippen molar-refractivity contribution < 1.29 is 23.4 Å². The van der Waals surface area contributed by atoms with E-state index in [1.807, 2.05) is 6.92 Å². The van der Waals surface area contributed by atoms with Crippen LogP contribution in [0.4, 0.5) is 4.39 Å². The zero-order valence-electron chi connectivity index (χ0n) is 12.3. The number of hydrogen-bond acceptors (Lipinski definition) is 4. The molecule has 0 saturated carbocycles. The summed E-state index contributed by atoms with van der Waals surface area (Å²) < 4.78 is 29.4. The zero-order valence-corrected chi connectivity index (χ0v) is 12.3. The summed E-state index contributed by atoms with van der Waals surface area (Å²) in [6.45, 7) is 3.54. The van der Waals surface area contributed by atoms with Crippen LogP contribution in [0, 0.1) is 12.7 Å². The predicted octanol–water partition coefficient (Wildman–Crippen LogP) is 1.39. The van der Waals surface area contributed by atoms with E-state index in [9.17, 15) is 9.18 Å². The molecule has 2 rings (SSSR count). The van der Waals surface area contributed by atoms with Crippen molar-refractivity contribution in [3.8, 4) is 5.75 Å². The first-order chi connectivity index (χ1) is 10.1. The van der Waals surface area contributed by atoms with E-state index in [1.165, 1.54) is 13.2 Å². The standard InChI is InChI=1S/C15H20FNO4/c1-11-3-4-13(16)14(7-11)21-9-12-8-17(5-6-20-12)15(18)10-19-2/h3-4,7,12H,5-6,8-10H2,1-2H3/t12-/m0/s1. The Labute approximate surface area is 123 Å². The van der Waals surface area contributed by atoms with Crippen LogP contribution in [0.5, 0.6) is 5.75 Å². The Bertz CT molecular complexity index is 495. The minimum absolute atomic E-state index is 0.0556. The molecule has 1 saturated heterocycles. The van der Waals surface area contributed by atoms with Crippen LogP contribution in [-0.2, 0) is 14.3 Å². The molecule has 1 aliphatic rings. The minimum atomic E-state index is -0.399. The smallest absolute Gasteiger partial charge is 0.248 e. The lowest BCUT2D eigenvalue weighted by atomic mass is 10.2. The molecule has 1 amide bonds. The Balaban J connectivity index is 1.88. The van der Waals surface area contributed by atoms with E-state index in [1.54, 1.807) is 17.0 Å². The van der Waals surface area contributed by atoms with Gasteiger partial charge in [-0.05, 0) is 24.6 Å². The van der Waals surface area contributed by atoms with Gasteiger partial charge in [0.15, 0.2) is 11.6 Å². The van der Waals surface area contributed by atoms with E-state index in [0.717, 1.165) is 5.56 Å². The van der Waals surface area contributed by atoms with Gasteiger partial charge in [-0.3, -0.25) is 4.79 Å². The van der Waals surface area contributed by atoms with Crippen molar-refractivity contribution >= 4 is 5.91 Å². The topological polar surface area (TPSA) is 48.0 Å². The second-order valence-electron chi connectivity index (χ2n) is 5.01. The first-order valence-corrected chi connectivity index (χ1v) is 6.87. The fourth-order valence-corrected chi connectivity index (χ4v) is 2.17. The van der Waals surface area contributed by atoms with Gasteiger partial charge in [0, 0.05) is 13.7 Å². The van der Waals surface area contributed by atoms with Crippen molar-refractivity contribution in [3.63, 3.8) is 0 Å². The summed E-state index contributed by atoms with van der Waals surface area (Å²) in [5, 5.41) is 0. The van der Waals surface area contributed by atoms with E-state index in [-0.39, 0.29) is 31.0 Å². The van der Waals surface area contributed by atoms with Gasteiger partial charge in [-0.1, -0.05) is 6.07 Å². The number of benzene rings is 1. The Morgan fingerprint density at radius 1 is 1.52 bits per heavy atom. The number of halogens is 1. The third-order valence-corrected chi connectivity index (χ3v) is 3.27. The van der Waals surface area contributed by atoms with Crippen LogP contribution in [-0.4, -0.2) is 56.9 Å². The molecular weight excluding hydrogens is 277 g/mol. The summed E-state index contributed by atoms with van der Waals surface area (Å²) in [7, 11) is 1.49. The number of ether oxygens (including phenoxy) is 3. The first-order valence-electron chi connectivity index (χ1n) is 6.87. The van der Waals surface area contributed by atoms with Crippen LogP contribution in [0.2, 0.25) is 0 Å². The largest absolute Gasteiger partial charge is 0.488 e. The number of methoxy groups -OCH3 is 1. The molecule has 0 spiro atoms. The number of morpholine rings is 1. The lowest BCUT2D eigenvalue weighted by Gasteiger charge is -2.32. The monoisotopic (exact) mass is 297 g/mol. The van der Waals surface area contributed by atoms with Crippen molar-refractivity contribution in [2.24, 2.45) is 0 Å². The number of nitrogens with zero attached hydrogens (tertiary/aromatic N) is 1. The lowest BCUT2D eigenvalue weighted by molar-refractivity contribution is -0.143. The van der Waals surface area contributed by atoms with Gasteiger partial charge < -0.3 is 19.1 Å². The van der Waals surface area contributed by atoms with Gasteiger partial charge in [0.2, 0.25) is 5.91 Å². The third-order valence-electron chi connectivity index (χ3n) is 3.27. The van der Waals surface area contributed by atoms with Crippen molar-refractivity contribution in [1.29, 1.82) is 0 Å². The van der Waals surface area contributed by atoms with E-state index in [2.05, 4.69) is 0 Å². The van der Waals surface area contributed by atoms with Crippen LogP contribution < -0.4 is 4.74 Å². The highest BCUT2D eigenvalue weighted by atomic mass is 19.1. The normalized spacial score (nSPS) is 18.6. The van der Waals surface area contributed by atoms with Gasteiger partial charge in [0.1, 0.15) is 19.3 Å². The third kappa shape index (κ3) is 4.41. The van der Waals surface area contributed by atoms with Crippen LogP contribution in [0.3, 0.4) is 0 Å². The van der Waals surface area contributed by atoms with Gasteiger partial charge in [0.05, 0.1) is 13.2 Å². The lowest BCUT2D eigenvalue weighted by Crippen LogP contribution is -2.48. The molecular formula is C15H20FNO4. The first kappa shape index (κ1) is 15.7. The number of rotatable bonds is 5.